The Bertz CT molecular complexity index is 773. The van der Waals surface area contributed by atoms with Crippen LogP contribution in [0.25, 0.3) is 0 Å². The highest BCUT2D eigenvalue weighted by Crippen LogP contribution is 2.32. The molecule has 126 valence electrons. The number of rotatable bonds is 4. The van der Waals surface area contributed by atoms with E-state index in [0.717, 1.165) is 6.42 Å². The van der Waals surface area contributed by atoms with Gasteiger partial charge in [-0.25, -0.2) is 4.79 Å². The summed E-state index contributed by atoms with van der Waals surface area (Å²) < 4.78 is 0. The fourth-order valence-electron chi connectivity index (χ4n) is 2.97. The van der Waals surface area contributed by atoms with Crippen molar-refractivity contribution in [2.45, 2.75) is 25.3 Å². The lowest BCUT2D eigenvalue weighted by Gasteiger charge is -2.23. The molecule has 7 nitrogen and oxygen atoms in total. The van der Waals surface area contributed by atoms with Gasteiger partial charge in [0.1, 0.15) is 5.69 Å². The molecule has 0 bridgehead atoms. The molecule has 1 saturated heterocycles. The van der Waals surface area contributed by atoms with Gasteiger partial charge in [0.05, 0.1) is 12.5 Å². The van der Waals surface area contributed by atoms with Gasteiger partial charge in [0.25, 0.3) is 0 Å². The molecule has 1 fully saturated rings. The fraction of sp³-hybridized carbons (Fsp3) is 0.333. The number of nitrogens with zero attached hydrogens (tertiary/aromatic N) is 3. The lowest BCUT2D eigenvalue weighted by molar-refractivity contribution is -0.131. The smallest absolute Gasteiger partial charge is 0.358 e. The molecule has 1 aliphatic heterocycles. The highest BCUT2D eigenvalue weighted by molar-refractivity contribution is 6.34. The monoisotopic (exact) mass is 368 g/mol. The molecule has 1 aliphatic rings. The number of carbonyl (C=O) groups is 2. The standard InChI is InChI=1S/C15H14Cl2N4O3/c16-9-4-8(5-10(17)7-9)6-12(22)21-3-1-2-11(21)13-14(15(23)24)19-20-18-13/h4-5,7,11H,1-3,6H2,(H,23,24)(H,18,19,20). The Balaban J connectivity index is 1.81. The molecule has 3 rings (SSSR count). The van der Waals surface area contributed by atoms with Crippen LogP contribution < -0.4 is 0 Å². The normalized spacial score (nSPS) is 17.2. The number of carbonyl (C=O) groups excluding carboxylic acids is 1. The van der Waals surface area contributed by atoms with Crippen LogP contribution in [0, 0.1) is 0 Å². The first-order chi connectivity index (χ1) is 11.5. The maximum absolute atomic E-state index is 12.7. The van der Waals surface area contributed by atoms with E-state index in [0.29, 0.717) is 28.6 Å². The highest BCUT2D eigenvalue weighted by Gasteiger charge is 2.35. The second kappa shape index (κ2) is 6.78. The van der Waals surface area contributed by atoms with E-state index in [1.54, 1.807) is 23.1 Å². The number of benzene rings is 1. The van der Waals surface area contributed by atoms with Crippen molar-refractivity contribution in [1.29, 1.82) is 0 Å². The molecule has 1 atom stereocenters. The van der Waals surface area contributed by atoms with Crippen molar-refractivity contribution < 1.29 is 14.7 Å². The number of amides is 1. The predicted octanol–water partition coefficient (Wildman–Crippen LogP) is 2.72. The molecule has 0 radical (unpaired) electrons. The van der Waals surface area contributed by atoms with Crippen LogP contribution in [-0.2, 0) is 11.2 Å². The van der Waals surface area contributed by atoms with Gasteiger partial charge in [-0.2, -0.15) is 10.3 Å². The Kier molecular flexibility index (Phi) is 4.73. The molecule has 1 amide bonds. The van der Waals surface area contributed by atoms with Crippen LogP contribution in [0.15, 0.2) is 18.2 Å². The van der Waals surface area contributed by atoms with Crippen LogP contribution in [0.1, 0.15) is 40.6 Å². The van der Waals surface area contributed by atoms with Crippen molar-refractivity contribution in [3.63, 3.8) is 0 Å². The molecule has 0 spiro atoms. The summed E-state index contributed by atoms with van der Waals surface area (Å²) in [6.07, 6.45) is 1.56. The van der Waals surface area contributed by atoms with E-state index in [9.17, 15) is 14.7 Å². The van der Waals surface area contributed by atoms with Gasteiger partial charge >= 0.3 is 5.97 Å². The highest BCUT2D eigenvalue weighted by atomic mass is 35.5. The number of aromatic amines is 1. The second-order valence-electron chi connectivity index (χ2n) is 5.56. The molecule has 2 heterocycles. The van der Waals surface area contributed by atoms with Gasteiger partial charge in [-0.05, 0) is 36.6 Å². The fourth-order valence-corrected chi connectivity index (χ4v) is 3.54. The first-order valence-electron chi connectivity index (χ1n) is 7.34. The van der Waals surface area contributed by atoms with E-state index >= 15 is 0 Å². The summed E-state index contributed by atoms with van der Waals surface area (Å²) in [4.78, 5) is 25.5. The molecule has 1 aromatic heterocycles. The molecule has 9 heteroatoms. The molecule has 1 aromatic carbocycles. The lowest BCUT2D eigenvalue weighted by atomic mass is 10.1. The SMILES string of the molecule is O=C(O)c1n[nH]nc1C1CCCN1C(=O)Cc1cc(Cl)cc(Cl)c1. The van der Waals surface area contributed by atoms with Gasteiger partial charge < -0.3 is 10.0 Å². The van der Waals surface area contributed by atoms with E-state index in [2.05, 4.69) is 15.4 Å². The summed E-state index contributed by atoms with van der Waals surface area (Å²) in [6.45, 7) is 0.545. The van der Waals surface area contributed by atoms with Crippen LogP contribution in [-0.4, -0.2) is 43.8 Å². The van der Waals surface area contributed by atoms with E-state index in [4.69, 9.17) is 23.2 Å². The van der Waals surface area contributed by atoms with E-state index in [-0.39, 0.29) is 23.7 Å². The number of carboxylic acid groups (broad SMARTS) is 1. The van der Waals surface area contributed by atoms with Crippen LogP contribution >= 0.6 is 23.2 Å². The van der Waals surface area contributed by atoms with Crippen LogP contribution in [0.4, 0.5) is 0 Å². The van der Waals surface area contributed by atoms with Crippen LogP contribution in [0.2, 0.25) is 10.0 Å². The number of carboxylic acids is 1. The first kappa shape index (κ1) is 16.7. The van der Waals surface area contributed by atoms with Crippen molar-refractivity contribution in [2.24, 2.45) is 0 Å². The zero-order valence-corrected chi connectivity index (χ0v) is 14.0. The lowest BCUT2D eigenvalue weighted by Crippen LogP contribution is -2.32. The molecule has 0 saturated carbocycles. The third-order valence-corrected chi connectivity index (χ3v) is 4.38. The third kappa shape index (κ3) is 3.37. The average molecular weight is 369 g/mol. The summed E-state index contributed by atoms with van der Waals surface area (Å²) in [5.74, 6) is -1.30. The number of likely N-dealkylation sites (tertiary alicyclic amines) is 1. The van der Waals surface area contributed by atoms with Gasteiger partial charge in [-0.1, -0.05) is 23.2 Å². The number of nitrogens with one attached hydrogen (secondary N) is 1. The molecular formula is C15H14Cl2N4O3. The summed E-state index contributed by atoms with van der Waals surface area (Å²) in [7, 11) is 0. The maximum Gasteiger partial charge on any atom is 0.358 e. The van der Waals surface area contributed by atoms with E-state index in [1.165, 1.54) is 0 Å². The largest absolute Gasteiger partial charge is 0.476 e. The minimum absolute atomic E-state index is 0.129. The van der Waals surface area contributed by atoms with E-state index in [1.807, 2.05) is 0 Å². The van der Waals surface area contributed by atoms with Gasteiger partial charge in [-0.3, -0.25) is 4.79 Å². The predicted molar refractivity (Wildman–Crippen MR) is 87.2 cm³/mol. The number of H-pyrrole nitrogens is 1. The first-order valence-corrected chi connectivity index (χ1v) is 8.09. The molecule has 2 N–H and O–H groups in total. The Morgan fingerprint density at radius 1 is 1.25 bits per heavy atom. The number of aromatic carboxylic acids is 1. The molecule has 1 unspecified atom stereocenters. The quantitative estimate of drug-likeness (QED) is 0.863. The minimum Gasteiger partial charge on any atom is -0.476 e. The van der Waals surface area contributed by atoms with Gasteiger partial charge in [0.2, 0.25) is 5.91 Å². The number of hydrogen-bond donors (Lipinski definition) is 2. The molecular weight excluding hydrogens is 355 g/mol. The zero-order valence-electron chi connectivity index (χ0n) is 12.5. The van der Waals surface area contributed by atoms with Crippen molar-refractivity contribution in [2.75, 3.05) is 6.54 Å². The number of aromatic nitrogens is 3. The topological polar surface area (TPSA) is 99.2 Å². The van der Waals surface area contributed by atoms with Gasteiger partial charge in [0.15, 0.2) is 5.69 Å². The Labute approximate surface area is 147 Å². The van der Waals surface area contributed by atoms with Crippen LogP contribution in [0.5, 0.6) is 0 Å². The van der Waals surface area contributed by atoms with Gasteiger partial charge in [0, 0.05) is 16.6 Å². The summed E-state index contributed by atoms with van der Waals surface area (Å²) in [5, 5.41) is 20.0. The number of halogens is 2. The number of hydrogen-bond acceptors (Lipinski definition) is 4. The molecule has 2 aromatic rings. The molecule has 0 aliphatic carbocycles. The van der Waals surface area contributed by atoms with E-state index < -0.39 is 12.0 Å². The Morgan fingerprint density at radius 3 is 2.62 bits per heavy atom. The molecule has 24 heavy (non-hydrogen) atoms. The van der Waals surface area contributed by atoms with Crippen molar-refractivity contribution in [3.8, 4) is 0 Å². The van der Waals surface area contributed by atoms with Crippen molar-refractivity contribution >= 4 is 35.1 Å². The van der Waals surface area contributed by atoms with Gasteiger partial charge in [-0.15, -0.1) is 5.10 Å². The summed E-state index contributed by atoms with van der Waals surface area (Å²) in [5.41, 5.74) is 0.852. The summed E-state index contributed by atoms with van der Waals surface area (Å²) in [6, 6.07) is 4.59. The van der Waals surface area contributed by atoms with Crippen LogP contribution in [0.3, 0.4) is 0 Å². The minimum atomic E-state index is -1.17. The third-order valence-electron chi connectivity index (χ3n) is 3.94. The Hall–Kier alpha value is -2.12. The zero-order chi connectivity index (χ0) is 17.3. The maximum atomic E-state index is 12.7. The Morgan fingerprint density at radius 2 is 1.96 bits per heavy atom. The van der Waals surface area contributed by atoms with Crippen molar-refractivity contribution in [1.82, 2.24) is 20.3 Å². The summed E-state index contributed by atoms with van der Waals surface area (Å²) >= 11 is 11.9. The average Bonchev–Trinajstić information content (AvgIpc) is 3.14. The van der Waals surface area contributed by atoms with Crippen molar-refractivity contribution in [3.05, 3.63) is 45.2 Å². The second-order valence-corrected chi connectivity index (χ2v) is 6.44.